The fourth-order valence-electron chi connectivity index (χ4n) is 1.75. The Morgan fingerprint density at radius 3 is 3.00 bits per heavy atom. The third kappa shape index (κ3) is 1.81. The van der Waals surface area contributed by atoms with Crippen molar-refractivity contribution in [3.05, 3.63) is 42.0 Å². The third-order valence-electron chi connectivity index (χ3n) is 2.66. The molecule has 7 heteroatoms. The van der Waals surface area contributed by atoms with Gasteiger partial charge in [0.1, 0.15) is 6.07 Å². The van der Waals surface area contributed by atoms with Crippen molar-refractivity contribution >= 4 is 11.6 Å². The molecule has 2 N–H and O–H groups in total. The second kappa shape index (κ2) is 3.96. The Labute approximate surface area is 106 Å². The quantitative estimate of drug-likeness (QED) is 0.715. The molecule has 0 saturated carbocycles. The molecule has 0 bridgehead atoms. The van der Waals surface area contributed by atoms with E-state index in [-0.39, 0.29) is 5.69 Å². The lowest BCUT2D eigenvalue weighted by Gasteiger charge is -1.98. The number of nitriles is 1. The van der Waals surface area contributed by atoms with E-state index in [1.165, 1.54) is 10.6 Å². The lowest BCUT2D eigenvalue weighted by molar-refractivity contribution is 0.0690. The molecule has 3 heterocycles. The standard InChI is InChI=1S/C12H7N5O2/c13-3-7-1-9(14-4-7)8-5-15-11-2-10(12(18)19)16-17(11)6-8/h1-2,4-6,14H,(H,18,19). The van der Waals surface area contributed by atoms with Crippen LogP contribution in [0.15, 0.2) is 30.7 Å². The number of nitrogens with zero attached hydrogens (tertiary/aromatic N) is 4. The summed E-state index contributed by atoms with van der Waals surface area (Å²) >= 11 is 0. The van der Waals surface area contributed by atoms with Crippen LogP contribution < -0.4 is 0 Å². The van der Waals surface area contributed by atoms with Crippen LogP contribution in [-0.4, -0.2) is 30.7 Å². The van der Waals surface area contributed by atoms with Gasteiger partial charge in [0, 0.05) is 35.9 Å². The molecule has 0 aliphatic carbocycles. The molecule has 19 heavy (non-hydrogen) atoms. The van der Waals surface area contributed by atoms with E-state index in [1.807, 2.05) is 6.07 Å². The Hall–Kier alpha value is -3.14. The molecule has 0 spiro atoms. The minimum atomic E-state index is -1.10. The molecule has 0 saturated heterocycles. The Balaban J connectivity index is 2.10. The number of carboxylic acids is 1. The first-order chi connectivity index (χ1) is 9.17. The van der Waals surface area contributed by atoms with Crippen molar-refractivity contribution in [3.63, 3.8) is 0 Å². The number of aromatic nitrogens is 4. The number of nitrogens with one attached hydrogen (secondary N) is 1. The zero-order valence-corrected chi connectivity index (χ0v) is 9.53. The molecule has 0 aliphatic heterocycles. The molecule has 0 atom stereocenters. The van der Waals surface area contributed by atoms with Crippen LogP contribution in [-0.2, 0) is 0 Å². The predicted octanol–water partition coefficient (Wildman–Crippen LogP) is 1.29. The monoisotopic (exact) mass is 253 g/mol. The second-order valence-electron chi connectivity index (χ2n) is 3.89. The molecular formula is C12H7N5O2. The van der Waals surface area contributed by atoms with Crippen LogP contribution in [0.25, 0.3) is 16.9 Å². The molecule has 3 rings (SSSR count). The number of carboxylic acid groups (broad SMARTS) is 1. The van der Waals surface area contributed by atoms with Gasteiger partial charge in [0.05, 0.1) is 5.56 Å². The average molecular weight is 253 g/mol. The maximum Gasteiger partial charge on any atom is 0.356 e. The Bertz CT molecular complexity index is 824. The molecule has 0 fully saturated rings. The van der Waals surface area contributed by atoms with E-state index < -0.39 is 5.97 Å². The summed E-state index contributed by atoms with van der Waals surface area (Å²) in [5.41, 5.74) is 2.34. The van der Waals surface area contributed by atoms with Crippen LogP contribution in [0.5, 0.6) is 0 Å². The molecule has 0 unspecified atom stereocenters. The number of hydrogen-bond acceptors (Lipinski definition) is 4. The maximum absolute atomic E-state index is 10.8. The highest BCUT2D eigenvalue weighted by Gasteiger charge is 2.10. The first-order valence-electron chi connectivity index (χ1n) is 5.35. The van der Waals surface area contributed by atoms with Crippen molar-refractivity contribution in [2.24, 2.45) is 0 Å². The van der Waals surface area contributed by atoms with Crippen LogP contribution in [0.1, 0.15) is 16.1 Å². The van der Waals surface area contributed by atoms with Crippen molar-refractivity contribution < 1.29 is 9.90 Å². The summed E-state index contributed by atoms with van der Waals surface area (Å²) in [7, 11) is 0. The zero-order valence-electron chi connectivity index (χ0n) is 9.53. The van der Waals surface area contributed by atoms with E-state index in [2.05, 4.69) is 15.1 Å². The minimum absolute atomic E-state index is 0.0613. The molecule has 0 aromatic carbocycles. The Morgan fingerprint density at radius 2 is 2.32 bits per heavy atom. The number of rotatable bonds is 2. The molecule has 0 amide bonds. The largest absolute Gasteiger partial charge is 0.476 e. The molecule has 0 radical (unpaired) electrons. The van der Waals surface area contributed by atoms with Crippen molar-refractivity contribution in [2.45, 2.75) is 0 Å². The lowest BCUT2D eigenvalue weighted by Crippen LogP contribution is -1.97. The summed E-state index contributed by atoms with van der Waals surface area (Å²) in [5.74, 6) is -1.10. The maximum atomic E-state index is 10.8. The van der Waals surface area contributed by atoms with Gasteiger partial charge in [-0.25, -0.2) is 14.3 Å². The second-order valence-corrected chi connectivity index (χ2v) is 3.89. The van der Waals surface area contributed by atoms with Gasteiger partial charge in [-0.3, -0.25) is 0 Å². The van der Waals surface area contributed by atoms with E-state index in [9.17, 15) is 4.79 Å². The van der Waals surface area contributed by atoms with E-state index in [0.29, 0.717) is 16.8 Å². The molecule has 7 nitrogen and oxygen atoms in total. The van der Waals surface area contributed by atoms with Gasteiger partial charge in [-0.15, -0.1) is 0 Å². The summed E-state index contributed by atoms with van der Waals surface area (Å²) in [4.78, 5) is 17.9. The number of fused-ring (bicyclic) bond motifs is 1. The normalized spacial score (nSPS) is 10.5. The van der Waals surface area contributed by atoms with Gasteiger partial charge in [0.2, 0.25) is 0 Å². The number of carbonyl (C=O) groups is 1. The van der Waals surface area contributed by atoms with Crippen molar-refractivity contribution in [1.82, 2.24) is 19.6 Å². The van der Waals surface area contributed by atoms with Gasteiger partial charge in [-0.2, -0.15) is 10.4 Å². The summed E-state index contributed by atoms with van der Waals surface area (Å²) in [6.45, 7) is 0. The van der Waals surface area contributed by atoms with E-state index in [4.69, 9.17) is 10.4 Å². The summed E-state index contributed by atoms with van der Waals surface area (Å²) in [5, 5.41) is 21.5. The highest BCUT2D eigenvalue weighted by atomic mass is 16.4. The molecule has 3 aromatic rings. The fourth-order valence-corrected chi connectivity index (χ4v) is 1.75. The average Bonchev–Trinajstić information content (AvgIpc) is 3.04. The number of hydrogen-bond donors (Lipinski definition) is 2. The van der Waals surface area contributed by atoms with Crippen molar-refractivity contribution in [2.75, 3.05) is 0 Å². The van der Waals surface area contributed by atoms with Crippen LogP contribution in [0.3, 0.4) is 0 Å². The Morgan fingerprint density at radius 1 is 1.47 bits per heavy atom. The van der Waals surface area contributed by atoms with Gasteiger partial charge < -0.3 is 10.1 Å². The van der Waals surface area contributed by atoms with Gasteiger partial charge in [-0.05, 0) is 6.07 Å². The number of aromatic amines is 1. The first-order valence-corrected chi connectivity index (χ1v) is 5.35. The highest BCUT2D eigenvalue weighted by Crippen LogP contribution is 2.18. The minimum Gasteiger partial charge on any atom is -0.476 e. The summed E-state index contributed by atoms with van der Waals surface area (Å²) < 4.78 is 1.39. The van der Waals surface area contributed by atoms with E-state index >= 15 is 0 Å². The fraction of sp³-hybridized carbons (Fsp3) is 0. The first kappa shape index (κ1) is 11.0. The van der Waals surface area contributed by atoms with Crippen LogP contribution >= 0.6 is 0 Å². The van der Waals surface area contributed by atoms with Crippen molar-refractivity contribution in [1.29, 1.82) is 5.26 Å². The SMILES string of the molecule is N#Cc1c[nH]c(-c2cnc3cc(C(=O)O)nn3c2)c1. The van der Waals surface area contributed by atoms with Crippen LogP contribution in [0, 0.1) is 11.3 Å². The van der Waals surface area contributed by atoms with Gasteiger partial charge in [-0.1, -0.05) is 0 Å². The van der Waals surface area contributed by atoms with Gasteiger partial charge in [0.15, 0.2) is 11.3 Å². The summed E-state index contributed by atoms with van der Waals surface area (Å²) in [6, 6.07) is 5.10. The van der Waals surface area contributed by atoms with Crippen molar-refractivity contribution in [3.8, 4) is 17.3 Å². The molecule has 0 aliphatic rings. The van der Waals surface area contributed by atoms with Gasteiger partial charge in [0.25, 0.3) is 0 Å². The lowest BCUT2D eigenvalue weighted by atomic mass is 10.2. The smallest absolute Gasteiger partial charge is 0.356 e. The zero-order chi connectivity index (χ0) is 13.4. The molecular weight excluding hydrogens is 246 g/mol. The Kier molecular flexibility index (Phi) is 2.29. The summed E-state index contributed by atoms with van der Waals surface area (Å²) in [6.07, 6.45) is 4.84. The van der Waals surface area contributed by atoms with Crippen LogP contribution in [0.4, 0.5) is 0 Å². The number of H-pyrrole nitrogens is 1. The highest BCUT2D eigenvalue weighted by molar-refractivity contribution is 5.86. The molecule has 3 aromatic heterocycles. The van der Waals surface area contributed by atoms with Gasteiger partial charge >= 0.3 is 5.97 Å². The predicted molar refractivity (Wildman–Crippen MR) is 64.4 cm³/mol. The topological polar surface area (TPSA) is 107 Å². The third-order valence-corrected chi connectivity index (χ3v) is 2.66. The van der Waals surface area contributed by atoms with E-state index in [0.717, 1.165) is 5.69 Å². The molecule has 92 valence electrons. The van der Waals surface area contributed by atoms with Crippen LogP contribution in [0.2, 0.25) is 0 Å². The number of aromatic carboxylic acids is 1. The van der Waals surface area contributed by atoms with E-state index in [1.54, 1.807) is 24.7 Å².